The average molecular weight is 225 g/mol. The Balaban J connectivity index is 2.52. The summed E-state index contributed by atoms with van der Waals surface area (Å²) in [5.74, 6) is 0.218. The molecule has 1 aromatic heterocycles. The number of aryl methyl sites for hydroxylation is 1. The minimum atomic E-state index is -0.337. The van der Waals surface area contributed by atoms with Gasteiger partial charge in [0.2, 0.25) is 11.9 Å². The normalized spacial score (nSPS) is 10.2. The molecule has 1 aromatic rings. The van der Waals surface area contributed by atoms with Gasteiger partial charge in [-0.15, -0.1) is 10.2 Å². The van der Waals surface area contributed by atoms with Crippen molar-refractivity contribution in [2.24, 2.45) is 5.92 Å². The molecule has 1 amide bonds. The topological polar surface area (TPSA) is 99.8 Å². The summed E-state index contributed by atoms with van der Waals surface area (Å²) in [6.07, 6.45) is 0.399. The van der Waals surface area contributed by atoms with E-state index in [1.165, 1.54) is 0 Å². The standard InChI is InChI=1S/C9H15N5O2/c1-5(2)4-7(15)12-14-9-10-8(16)6(3)11-13-9/h5H,4H2,1-3H3,(H,12,15)(H2,10,13,14,16). The van der Waals surface area contributed by atoms with E-state index in [9.17, 15) is 9.59 Å². The molecule has 0 spiro atoms. The summed E-state index contributed by atoms with van der Waals surface area (Å²) < 4.78 is 0. The van der Waals surface area contributed by atoms with Gasteiger partial charge in [0.1, 0.15) is 5.69 Å². The van der Waals surface area contributed by atoms with Crippen LogP contribution in [0.15, 0.2) is 4.79 Å². The van der Waals surface area contributed by atoms with E-state index in [1.54, 1.807) is 6.92 Å². The van der Waals surface area contributed by atoms with E-state index in [-0.39, 0.29) is 29.0 Å². The van der Waals surface area contributed by atoms with Gasteiger partial charge in [0.25, 0.3) is 5.56 Å². The Labute approximate surface area is 92.6 Å². The number of hydrogen-bond acceptors (Lipinski definition) is 5. The Kier molecular flexibility index (Phi) is 3.98. The third kappa shape index (κ3) is 3.68. The second kappa shape index (κ2) is 5.24. The van der Waals surface area contributed by atoms with Gasteiger partial charge in [-0.25, -0.2) is 0 Å². The van der Waals surface area contributed by atoms with Crippen LogP contribution in [0, 0.1) is 12.8 Å². The molecule has 1 rings (SSSR count). The molecule has 0 atom stereocenters. The quantitative estimate of drug-likeness (QED) is 0.624. The maximum atomic E-state index is 11.3. The molecule has 0 saturated heterocycles. The Hall–Kier alpha value is -1.92. The summed E-state index contributed by atoms with van der Waals surface area (Å²) in [5.41, 5.74) is 4.84. The van der Waals surface area contributed by atoms with Crippen molar-refractivity contribution >= 4 is 11.9 Å². The highest BCUT2D eigenvalue weighted by atomic mass is 16.2. The third-order valence-corrected chi connectivity index (χ3v) is 1.77. The summed E-state index contributed by atoms with van der Waals surface area (Å²) >= 11 is 0. The van der Waals surface area contributed by atoms with Gasteiger partial charge in [0.05, 0.1) is 0 Å². The van der Waals surface area contributed by atoms with Crippen LogP contribution in [0.2, 0.25) is 0 Å². The SMILES string of the molecule is Cc1nnc(NNC(=O)CC(C)C)[nH]c1=O. The van der Waals surface area contributed by atoms with Crippen LogP contribution in [-0.2, 0) is 4.79 Å². The van der Waals surface area contributed by atoms with Crippen molar-refractivity contribution < 1.29 is 4.79 Å². The number of hydrazine groups is 1. The van der Waals surface area contributed by atoms with Gasteiger partial charge in [-0.05, 0) is 12.8 Å². The van der Waals surface area contributed by atoms with E-state index in [4.69, 9.17) is 0 Å². The van der Waals surface area contributed by atoms with E-state index < -0.39 is 0 Å². The summed E-state index contributed by atoms with van der Waals surface area (Å²) in [6.45, 7) is 5.42. The van der Waals surface area contributed by atoms with Gasteiger partial charge in [-0.2, -0.15) is 0 Å². The van der Waals surface area contributed by atoms with Gasteiger partial charge in [0, 0.05) is 6.42 Å². The molecular formula is C9H15N5O2. The van der Waals surface area contributed by atoms with Crippen molar-refractivity contribution in [3.8, 4) is 0 Å². The third-order valence-electron chi connectivity index (χ3n) is 1.77. The van der Waals surface area contributed by atoms with Gasteiger partial charge in [-0.1, -0.05) is 13.8 Å². The highest BCUT2D eigenvalue weighted by molar-refractivity contribution is 5.77. The highest BCUT2D eigenvalue weighted by Crippen LogP contribution is 1.98. The first-order valence-corrected chi connectivity index (χ1v) is 4.97. The zero-order valence-corrected chi connectivity index (χ0v) is 9.50. The maximum absolute atomic E-state index is 11.3. The number of aromatic amines is 1. The van der Waals surface area contributed by atoms with Crippen molar-refractivity contribution in [2.75, 3.05) is 5.43 Å². The largest absolute Gasteiger partial charge is 0.288 e. The van der Waals surface area contributed by atoms with Crippen molar-refractivity contribution in [3.05, 3.63) is 16.0 Å². The van der Waals surface area contributed by atoms with Crippen LogP contribution in [0.25, 0.3) is 0 Å². The van der Waals surface area contributed by atoms with Crippen LogP contribution in [0.5, 0.6) is 0 Å². The first-order valence-electron chi connectivity index (χ1n) is 4.97. The number of aromatic nitrogens is 3. The average Bonchev–Trinajstić information content (AvgIpc) is 2.19. The molecule has 0 aliphatic rings. The number of rotatable bonds is 4. The number of amides is 1. The number of carbonyl (C=O) groups is 1. The van der Waals surface area contributed by atoms with Gasteiger partial charge in [0.15, 0.2) is 0 Å². The second-order valence-corrected chi connectivity index (χ2v) is 3.86. The van der Waals surface area contributed by atoms with Crippen LogP contribution in [0.1, 0.15) is 26.0 Å². The fraction of sp³-hybridized carbons (Fsp3) is 0.556. The molecule has 0 unspecified atom stereocenters. The van der Waals surface area contributed by atoms with Crippen molar-refractivity contribution in [3.63, 3.8) is 0 Å². The van der Waals surface area contributed by atoms with E-state index in [0.29, 0.717) is 6.42 Å². The predicted octanol–water partition coefficient (Wildman–Crippen LogP) is -0.0375. The van der Waals surface area contributed by atoms with Gasteiger partial charge < -0.3 is 0 Å². The minimum absolute atomic E-state index is 0.118. The van der Waals surface area contributed by atoms with Crippen molar-refractivity contribution in [1.29, 1.82) is 0 Å². The number of hydrogen-bond donors (Lipinski definition) is 3. The molecule has 0 fully saturated rings. The highest BCUT2D eigenvalue weighted by Gasteiger charge is 2.05. The Morgan fingerprint density at radius 3 is 2.69 bits per heavy atom. The van der Waals surface area contributed by atoms with Crippen LogP contribution >= 0.6 is 0 Å². The molecular weight excluding hydrogens is 210 g/mol. The number of carbonyl (C=O) groups excluding carboxylic acids is 1. The number of H-pyrrole nitrogens is 1. The zero-order valence-electron chi connectivity index (χ0n) is 9.50. The predicted molar refractivity (Wildman–Crippen MR) is 58.6 cm³/mol. The van der Waals surface area contributed by atoms with Crippen LogP contribution < -0.4 is 16.4 Å². The van der Waals surface area contributed by atoms with Gasteiger partial charge in [-0.3, -0.25) is 25.4 Å². The lowest BCUT2D eigenvalue weighted by Gasteiger charge is -2.08. The lowest BCUT2D eigenvalue weighted by atomic mass is 10.1. The monoisotopic (exact) mass is 225 g/mol. The van der Waals surface area contributed by atoms with E-state index in [0.717, 1.165) is 0 Å². The molecule has 0 aliphatic carbocycles. The zero-order chi connectivity index (χ0) is 12.1. The van der Waals surface area contributed by atoms with E-state index in [2.05, 4.69) is 26.0 Å². The fourth-order valence-corrected chi connectivity index (χ4v) is 1.00. The molecule has 0 bridgehead atoms. The molecule has 7 nitrogen and oxygen atoms in total. The van der Waals surface area contributed by atoms with Crippen molar-refractivity contribution in [2.45, 2.75) is 27.2 Å². The Morgan fingerprint density at radius 1 is 1.44 bits per heavy atom. The lowest BCUT2D eigenvalue weighted by molar-refractivity contribution is -0.121. The summed E-state index contributed by atoms with van der Waals surface area (Å²) in [5, 5.41) is 7.27. The van der Waals surface area contributed by atoms with Crippen LogP contribution in [0.4, 0.5) is 5.95 Å². The maximum Gasteiger partial charge on any atom is 0.274 e. The minimum Gasteiger partial charge on any atom is -0.288 e. The molecule has 0 aliphatic heterocycles. The van der Waals surface area contributed by atoms with E-state index >= 15 is 0 Å². The summed E-state index contributed by atoms with van der Waals surface area (Å²) in [6, 6.07) is 0. The first kappa shape index (κ1) is 12.2. The number of nitrogens with zero attached hydrogens (tertiary/aromatic N) is 2. The fourth-order valence-electron chi connectivity index (χ4n) is 1.00. The summed E-state index contributed by atoms with van der Waals surface area (Å²) in [7, 11) is 0. The Bertz CT molecular complexity index is 426. The van der Waals surface area contributed by atoms with E-state index in [1.807, 2.05) is 13.8 Å². The lowest BCUT2D eigenvalue weighted by Crippen LogP contribution is -2.32. The molecule has 7 heteroatoms. The van der Waals surface area contributed by atoms with Crippen LogP contribution in [-0.4, -0.2) is 21.1 Å². The number of nitrogens with one attached hydrogen (secondary N) is 3. The first-order chi connectivity index (χ1) is 7.49. The second-order valence-electron chi connectivity index (χ2n) is 3.86. The number of anilines is 1. The van der Waals surface area contributed by atoms with Crippen LogP contribution in [0.3, 0.4) is 0 Å². The Morgan fingerprint density at radius 2 is 2.12 bits per heavy atom. The molecule has 0 aromatic carbocycles. The van der Waals surface area contributed by atoms with Crippen molar-refractivity contribution in [1.82, 2.24) is 20.6 Å². The molecule has 88 valence electrons. The van der Waals surface area contributed by atoms with Gasteiger partial charge >= 0.3 is 0 Å². The molecule has 1 heterocycles. The molecule has 16 heavy (non-hydrogen) atoms. The molecule has 0 radical (unpaired) electrons. The smallest absolute Gasteiger partial charge is 0.274 e. The molecule has 0 saturated carbocycles. The molecule has 3 N–H and O–H groups in total. The summed E-state index contributed by atoms with van der Waals surface area (Å²) in [4.78, 5) is 24.8.